The van der Waals surface area contributed by atoms with Crippen molar-refractivity contribution in [2.24, 2.45) is 0 Å². The van der Waals surface area contributed by atoms with Gasteiger partial charge in [-0.05, 0) is 54.0 Å². The number of allylic oxidation sites excluding steroid dienone is 2. The van der Waals surface area contributed by atoms with E-state index in [2.05, 4.69) is 79.7 Å². The highest BCUT2D eigenvalue weighted by atomic mass is 16.5. The number of rotatable bonds is 8. The Morgan fingerprint density at radius 3 is 2.34 bits per heavy atom. The monoisotopic (exact) mass is 387 g/mol. The smallest absolute Gasteiger partial charge is 0.161 e. The molecule has 1 N–H and O–H groups in total. The van der Waals surface area contributed by atoms with Crippen LogP contribution in [-0.2, 0) is 0 Å². The van der Waals surface area contributed by atoms with E-state index in [9.17, 15) is 5.11 Å². The standard InChI is InChI=1S/C26H29NO2/c1-27(2)24-17-16-21(22-13-9-10-14-23(22)24)12-8-6-4-5-7-11-20-15-18-25(28)26(19-20)29-3/h7-19,28H,4-6H2,1-3H3/b11-7+,12-8+. The summed E-state index contributed by atoms with van der Waals surface area (Å²) < 4.78 is 5.14. The van der Waals surface area contributed by atoms with Gasteiger partial charge in [-0.15, -0.1) is 0 Å². The van der Waals surface area contributed by atoms with Crippen molar-refractivity contribution in [3.05, 3.63) is 77.9 Å². The van der Waals surface area contributed by atoms with Crippen LogP contribution in [0.3, 0.4) is 0 Å². The molecular formula is C26H29NO2. The second-order valence-corrected chi connectivity index (χ2v) is 7.28. The Morgan fingerprint density at radius 2 is 1.62 bits per heavy atom. The summed E-state index contributed by atoms with van der Waals surface area (Å²) in [6.45, 7) is 0. The van der Waals surface area contributed by atoms with Crippen molar-refractivity contribution < 1.29 is 9.84 Å². The van der Waals surface area contributed by atoms with Crippen LogP contribution in [0.4, 0.5) is 5.69 Å². The quantitative estimate of drug-likeness (QED) is 0.447. The minimum absolute atomic E-state index is 0.168. The number of aromatic hydroxyl groups is 1. The maximum atomic E-state index is 9.65. The molecule has 0 aromatic heterocycles. The van der Waals surface area contributed by atoms with Crippen LogP contribution < -0.4 is 9.64 Å². The summed E-state index contributed by atoms with van der Waals surface area (Å²) in [5.41, 5.74) is 3.54. The van der Waals surface area contributed by atoms with Crippen LogP contribution in [0.15, 0.2) is 66.7 Å². The lowest BCUT2D eigenvalue weighted by Gasteiger charge is -2.16. The third kappa shape index (κ3) is 5.20. The van der Waals surface area contributed by atoms with Crippen molar-refractivity contribution in [3.8, 4) is 11.5 Å². The Hall–Kier alpha value is -3.20. The average molecular weight is 388 g/mol. The zero-order chi connectivity index (χ0) is 20.6. The fraction of sp³-hybridized carbons (Fsp3) is 0.231. The van der Waals surface area contributed by atoms with Gasteiger partial charge in [0, 0.05) is 25.2 Å². The zero-order valence-corrected chi connectivity index (χ0v) is 17.4. The van der Waals surface area contributed by atoms with Gasteiger partial charge in [-0.1, -0.05) is 60.7 Å². The van der Waals surface area contributed by atoms with Crippen molar-refractivity contribution in [2.75, 3.05) is 26.1 Å². The van der Waals surface area contributed by atoms with Crippen molar-refractivity contribution in [1.82, 2.24) is 0 Å². The molecule has 0 fully saturated rings. The zero-order valence-electron chi connectivity index (χ0n) is 17.4. The van der Waals surface area contributed by atoms with E-state index >= 15 is 0 Å². The maximum absolute atomic E-state index is 9.65. The molecule has 0 radical (unpaired) electrons. The number of phenols is 1. The molecule has 0 heterocycles. The Balaban J connectivity index is 1.57. The third-order valence-electron chi connectivity index (χ3n) is 4.97. The molecule has 0 saturated heterocycles. The topological polar surface area (TPSA) is 32.7 Å². The Bertz CT molecular complexity index is 1020. The van der Waals surface area contributed by atoms with Gasteiger partial charge in [-0.25, -0.2) is 0 Å². The number of nitrogens with zero attached hydrogens (tertiary/aromatic N) is 1. The second kappa shape index (κ2) is 9.83. The van der Waals surface area contributed by atoms with Crippen LogP contribution >= 0.6 is 0 Å². The number of methoxy groups -OCH3 is 1. The van der Waals surface area contributed by atoms with Gasteiger partial charge in [-0.3, -0.25) is 0 Å². The molecular weight excluding hydrogens is 358 g/mol. The molecule has 150 valence electrons. The molecule has 0 aliphatic rings. The SMILES string of the molecule is COc1cc(/C=C/CCC/C=C/c2ccc(N(C)C)c3ccccc23)ccc1O. The van der Waals surface area contributed by atoms with Crippen molar-refractivity contribution in [1.29, 1.82) is 0 Å². The van der Waals surface area contributed by atoms with Gasteiger partial charge in [0.25, 0.3) is 0 Å². The van der Waals surface area contributed by atoms with Crippen molar-refractivity contribution in [2.45, 2.75) is 19.3 Å². The summed E-state index contributed by atoms with van der Waals surface area (Å²) in [7, 11) is 5.73. The van der Waals surface area contributed by atoms with Gasteiger partial charge in [0.2, 0.25) is 0 Å². The Morgan fingerprint density at radius 1 is 0.897 bits per heavy atom. The van der Waals surface area contributed by atoms with Crippen LogP contribution in [0.1, 0.15) is 30.4 Å². The van der Waals surface area contributed by atoms with Gasteiger partial charge in [0.1, 0.15) is 0 Å². The highest BCUT2D eigenvalue weighted by molar-refractivity contribution is 5.99. The van der Waals surface area contributed by atoms with Crippen molar-refractivity contribution in [3.63, 3.8) is 0 Å². The predicted molar refractivity (Wildman–Crippen MR) is 125 cm³/mol. The molecule has 29 heavy (non-hydrogen) atoms. The number of ether oxygens (including phenoxy) is 1. The number of hydrogen-bond acceptors (Lipinski definition) is 3. The number of fused-ring (bicyclic) bond motifs is 1. The minimum Gasteiger partial charge on any atom is -0.504 e. The number of phenolic OH excluding ortho intramolecular Hbond substituents is 1. The van der Waals surface area contributed by atoms with E-state index in [1.807, 2.05) is 12.1 Å². The normalized spacial score (nSPS) is 11.6. The van der Waals surface area contributed by atoms with Crippen LogP contribution in [0.25, 0.3) is 22.9 Å². The molecule has 0 spiro atoms. The molecule has 0 aliphatic carbocycles. The molecule has 0 atom stereocenters. The highest BCUT2D eigenvalue weighted by Crippen LogP contribution is 2.29. The number of anilines is 1. The largest absolute Gasteiger partial charge is 0.504 e. The molecule has 0 saturated carbocycles. The van der Waals surface area contributed by atoms with Gasteiger partial charge in [0.15, 0.2) is 11.5 Å². The Labute approximate surface area is 173 Å². The third-order valence-corrected chi connectivity index (χ3v) is 4.97. The van der Waals surface area contributed by atoms with E-state index in [4.69, 9.17) is 4.74 Å². The first-order valence-corrected chi connectivity index (χ1v) is 9.99. The first kappa shape index (κ1) is 20.5. The summed E-state index contributed by atoms with van der Waals surface area (Å²) in [4.78, 5) is 2.16. The maximum Gasteiger partial charge on any atom is 0.161 e. The number of benzene rings is 3. The summed E-state index contributed by atoms with van der Waals surface area (Å²) >= 11 is 0. The molecule has 3 nitrogen and oxygen atoms in total. The molecule has 0 unspecified atom stereocenters. The highest BCUT2D eigenvalue weighted by Gasteiger charge is 2.05. The van der Waals surface area contributed by atoms with Crippen LogP contribution in [0.2, 0.25) is 0 Å². The number of hydrogen-bond donors (Lipinski definition) is 1. The molecule has 0 aliphatic heterocycles. The molecule has 3 aromatic carbocycles. The van der Waals surface area contributed by atoms with E-state index < -0.39 is 0 Å². The fourth-order valence-corrected chi connectivity index (χ4v) is 3.42. The lowest BCUT2D eigenvalue weighted by molar-refractivity contribution is 0.373. The second-order valence-electron chi connectivity index (χ2n) is 7.28. The Kier molecular flexibility index (Phi) is 6.96. The lowest BCUT2D eigenvalue weighted by atomic mass is 10.0. The van der Waals surface area contributed by atoms with Crippen LogP contribution in [0.5, 0.6) is 11.5 Å². The molecule has 3 rings (SSSR count). The van der Waals surface area contributed by atoms with Crippen LogP contribution in [-0.4, -0.2) is 26.3 Å². The average Bonchev–Trinajstić information content (AvgIpc) is 2.73. The van der Waals surface area contributed by atoms with Gasteiger partial charge < -0.3 is 14.7 Å². The van der Waals surface area contributed by atoms with E-state index in [1.54, 1.807) is 13.2 Å². The van der Waals surface area contributed by atoms with Crippen LogP contribution in [0, 0.1) is 0 Å². The molecule has 3 heteroatoms. The molecule has 3 aromatic rings. The van der Waals surface area contributed by atoms with E-state index in [0.29, 0.717) is 5.75 Å². The van der Waals surface area contributed by atoms with Crippen molar-refractivity contribution >= 4 is 28.6 Å². The van der Waals surface area contributed by atoms with Gasteiger partial charge >= 0.3 is 0 Å². The number of unbranched alkanes of at least 4 members (excludes halogenated alkanes) is 2. The predicted octanol–water partition coefficient (Wildman–Crippen LogP) is 6.52. The first-order valence-electron chi connectivity index (χ1n) is 9.99. The fourth-order valence-electron chi connectivity index (χ4n) is 3.42. The molecule has 0 bridgehead atoms. The minimum atomic E-state index is 0.168. The molecule has 0 amide bonds. The lowest BCUT2D eigenvalue weighted by Crippen LogP contribution is -2.09. The van der Waals surface area contributed by atoms with E-state index in [0.717, 1.165) is 24.8 Å². The van der Waals surface area contributed by atoms with Gasteiger partial charge in [0.05, 0.1) is 7.11 Å². The van der Waals surface area contributed by atoms with E-state index in [-0.39, 0.29) is 5.75 Å². The summed E-state index contributed by atoms with van der Waals surface area (Å²) in [5.74, 6) is 0.670. The summed E-state index contributed by atoms with van der Waals surface area (Å²) in [6, 6.07) is 18.4. The van der Waals surface area contributed by atoms with Gasteiger partial charge in [-0.2, -0.15) is 0 Å². The van der Waals surface area contributed by atoms with E-state index in [1.165, 1.54) is 22.0 Å². The first-order chi connectivity index (χ1) is 14.1. The summed E-state index contributed by atoms with van der Waals surface area (Å²) in [6.07, 6.45) is 11.9. The summed E-state index contributed by atoms with van der Waals surface area (Å²) in [5, 5.41) is 12.2.